The molecular formula is C36H39N7O6. The summed E-state index contributed by atoms with van der Waals surface area (Å²) in [6.07, 6.45) is 4.58. The Morgan fingerprint density at radius 2 is 1.71 bits per heavy atom. The van der Waals surface area contributed by atoms with Gasteiger partial charge in [0.15, 0.2) is 0 Å². The molecule has 3 atom stereocenters. The van der Waals surface area contributed by atoms with Crippen molar-refractivity contribution in [1.82, 2.24) is 36.0 Å². The van der Waals surface area contributed by atoms with Crippen LogP contribution in [0.4, 0.5) is 0 Å². The minimum Gasteiger partial charge on any atom is -0.492 e. The van der Waals surface area contributed by atoms with Gasteiger partial charge in [-0.2, -0.15) is 0 Å². The Labute approximate surface area is 283 Å². The van der Waals surface area contributed by atoms with E-state index >= 15 is 0 Å². The molecule has 3 aliphatic rings. The fourth-order valence-corrected chi connectivity index (χ4v) is 5.76. The molecule has 49 heavy (non-hydrogen) atoms. The summed E-state index contributed by atoms with van der Waals surface area (Å²) in [4.78, 5) is 71.8. The molecule has 2 aliphatic heterocycles. The quantitative estimate of drug-likeness (QED) is 0.205. The highest BCUT2D eigenvalue weighted by molar-refractivity contribution is 5.99. The number of imidazole rings is 1. The van der Waals surface area contributed by atoms with Gasteiger partial charge in [-0.15, -0.1) is 0 Å². The Kier molecular flexibility index (Phi) is 9.61. The van der Waals surface area contributed by atoms with E-state index in [4.69, 9.17) is 4.74 Å². The maximum atomic E-state index is 13.7. The van der Waals surface area contributed by atoms with Crippen LogP contribution < -0.4 is 31.3 Å². The molecule has 5 amide bonds. The number of aromatic nitrogens is 2. The monoisotopic (exact) mass is 665 g/mol. The fraction of sp³-hybridized carbons (Fsp3) is 0.333. The van der Waals surface area contributed by atoms with Crippen molar-refractivity contribution in [1.29, 1.82) is 0 Å². The lowest BCUT2D eigenvalue weighted by Gasteiger charge is -2.25. The van der Waals surface area contributed by atoms with E-state index in [2.05, 4.69) is 31.6 Å². The normalized spacial score (nSPS) is 21.6. The van der Waals surface area contributed by atoms with Crippen LogP contribution in [0.25, 0.3) is 5.65 Å². The van der Waals surface area contributed by atoms with E-state index in [-0.39, 0.29) is 37.6 Å². The van der Waals surface area contributed by atoms with Crippen molar-refractivity contribution in [2.45, 2.75) is 63.2 Å². The minimum absolute atomic E-state index is 0.107. The predicted octanol–water partition coefficient (Wildman–Crippen LogP) is 1.37. The smallest absolute Gasteiger partial charge is 0.272 e. The molecule has 0 saturated heterocycles. The van der Waals surface area contributed by atoms with E-state index in [0.717, 1.165) is 16.7 Å². The molecule has 13 heteroatoms. The molecule has 2 aromatic heterocycles. The largest absolute Gasteiger partial charge is 0.492 e. The molecule has 0 unspecified atom stereocenters. The molecule has 2 bridgehead atoms. The number of pyridine rings is 1. The summed E-state index contributed by atoms with van der Waals surface area (Å²) in [7, 11) is 0. The molecule has 4 aromatic rings. The summed E-state index contributed by atoms with van der Waals surface area (Å²) < 4.78 is 7.55. The number of hydrogen-bond acceptors (Lipinski definition) is 7. The van der Waals surface area contributed by atoms with Gasteiger partial charge in [0, 0.05) is 25.2 Å². The number of rotatable bonds is 4. The van der Waals surface area contributed by atoms with Crippen molar-refractivity contribution in [2.24, 2.45) is 0 Å². The van der Waals surface area contributed by atoms with Crippen molar-refractivity contribution in [3.05, 3.63) is 102 Å². The van der Waals surface area contributed by atoms with Crippen molar-refractivity contribution < 1.29 is 28.7 Å². The van der Waals surface area contributed by atoms with Crippen molar-refractivity contribution in [3.63, 3.8) is 0 Å². The molecular weight excluding hydrogens is 626 g/mol. The van der Waals surface area contributed by atoms with Gasteiger partial charge in [-0.05, 0) is 61.6 Å². The highest BCUT2D eigenvalue weighted by Gasteiger charge is 2.51. The van der Waals surface area contributed by atoms with Crippen LogP contribution in [0.5, 0.6) is 5.75 Å². The van der Waals surface area contributed by atoms with E-state index in [1.54, 1.807) is 41.1 Å². The average molecular weight is 666 g/mol. The number of amides is 5. The SMILES string of the molecule is Cc1cccn2cc(C(=O)N[C@H]3Cc4ccc(cc4)OCCNC(=O)C4(CC4)NC(=O)[C@@H](Cc4ccccc4)NC(=O)[C@H](C)NC3=O)nc12. The molecule has 5 N–H and O–H groups in total. The van der Waals surface area contributed by atoms with Crippen LogP contribution in [0.3, 0.4) is 0 Å². The summed E-state index contributed by atoms with van der Waals surface area (Å²) in [6, 6.07) is 16.8. The molecule has 2 aromatic carbocycles. The second-order valence-electron chi connectivity index (χ2n) is 12.6. The number of fused-ring (bicyclic) bond motifs is 16. The number of carbonyl (C=O) groups excluding carboxylic acids is 5. The lowest BCUT2D eigenvalue weighted by atomic mass is 10.0. The topological polar surface area (TPSA) is 172 Å². The van der Waals surface area contributed by atoms with E-state index in [0.29, 0.717) is 24.2 Å². The van der Waals surface area contributed by atoms with Gasteiger partial charge in [0.25, 0.3) is 5.91 Å². The van der Waals surface area contributed by atoms with E-state index in [9.17, 15) is 24.0 Å². The lowest BCUT2D eigenvalue weighted by Crippen LogP contribution is -2.59. The molecule has 7 rings (SSSR count). The van der Waals surface area contributed by atoms with Crippen molar-refractivity contribution in [2.75, 3.05) is 13.2 Å². The van der Waals surface area contributed by atoms with Crippen LogP contribution in [0.2, 0.25) is 0 Å². The number of hydrogen-bond donors (Lipinski definition) is 5. The maximum Gasteiger partial charge on any atom is 0.272 e. The first-order chi connectivity index (χ1) is 23.6. The third-order valence-electron chi connectivity index (χ3n) is 8.77. The number of carbonyl (C=O) groups is 5. The van der Waals surface area contributed by atoms with E-state index in [1.807, 2.05) is 49.4 Å². The van der Waals surface area contributed by atoms with Crippen LogP contribution in [0.15, 0.2) is 79.1 Å². The maximum absolute atomic E-state index is 13.7. The van der Waals surface area contributed by atoms with Crippen LogP contribution in [0.1, 0.15) is 46.9 Å². The summed E-state index contributed by atoms with van der Waals surface area (Å²) >= 11 is 0. The van der Waals surface area contributed by atoms with Gasteiger partial charge in [-0.25, -0.2) is 4.98 Å². The lowest BCUT2D eigenvalue weighted by molar-refractivity contribution is -0.134. The Hall–Kier alpha value is -5.72. The number of nitrogens with one attached hydrogen (secondary N) is 5. The van der Waals surface area contributed by atoms with Crippen LogP contribution in [-0.2, 0) is 32.0 Å². The second kappa shape index (κ2) is 14.2. The third kappa shape index (κ3) is 7.88. The number of nitrogens with zero attached hydrogens (tertiary/aromatic N) is 2. The van der Waals surface area contributed by atoms with Crippen LogP contribution >= 0.6 is 0 Å². The van der Waals surface area contributed by atoms with Gasteiger partial charge in [0.2, 0.25) is 23.6 Å². The molecule has 1 saturated carbocycles. The first kappa shape index (κ1) is 33.2. The summed E-state index contributed by atoms with van der Waals surface area (Å²) in [5.41, 5.74) is 2.11. The third-order valence-corrected chi connectivity index (χ3v) is 8.77. The van der Waals surface area contributed by atoms with Gasteiger partial charge < -0.3 is 35.7 Å². The Morgan fingerprint density at radius 1 is 0.959 bits per heavy atom. The summed E-state index contributed by atoms with van der Waals surface area (Å²) in [5.74, 6) is -2.02. The fourth-order valence-electron chi connectivity index (χ4n) is 5.76. The van der Waals surface area contributed by atoms with Crippen molar-refractivity contribution >= 4 is 35.2 Å². The van der Waals surface area contributed by atoms with Gasteiger partial charge >= 0.3 is 0 Å². The Morgan fingerprint density at radius 3 is 2.43 bits per heavy atom. The second-order valence-corrected chi connectivity index (χ2v) is 12.6. The molecule has 4 heterocycles. The molecule has 1 aliphatic carbocycles. The van der Waals surface area contributed by atoms with Gasteiger partial charge in [0.05, 0.1) is 6.54 Å². The van der Waals surface area contributed by atoms with Crippen LogP contribution in [-0.4, -0.2) is 75.7 Å². The first-order valence-corrected chi connectivity index (χ1v) is 16.3. The number of ether oxygens (including phenoxy) is 1. The van der Waals surface area contributed by atoms with Gasteiger partial charge in [0.1, 0.15) is 47.4 Å². The standard InChI is InChI=1S/C36H39N7O6/c1-22-7-6-17-43-21-29(39-30(22)43)33(46)41-27-20-25-10-12-26(13-11-25)49-18-16-37-35(48)36(14-15-36)42-34(47)28(19-24-8-4-3-5-9-24)40-31(44)23(2)38-32(27)45/h3-13,17,21,23,27-28H,14-16,18-20H2,1-2H3,(H,37,48)(H,38,45)(H,40,44)(H,41,46)(H,42,47)/t23-,27-,28+/m0/s1. The predicted molar refractivity (Wildman–Crippen MR) is 180 cm³/mol. The zero-order chi connectivity index (χ0) is 34.5. The average Bonchev–Trinajstić information content (AvgIpc) is 3.74. The number of benzene rings is 2. The molecule has 0 radical (unpaired) electrons. The summed E-state index contributed by atoms with van der Waals surface area (Å²) in [5, 5.41) is 14.0. The first-order valence-electron chi connectivity index (χ1n) is 16.3. The van der Waals surface area contributed by atoms with Gasteiger partial charge in [-0.3, -0.25) is 24.0 Å². The van der Waals surface area contributed by atoms with Crippen LogP contribution in [0, 0.1) is 6.92 Å². The highest BCUT2D eigenvalue weighted by atomic mass is 16.5. The van der Waals surface area contributed by atoms with E-state index < -0.39 is 47.3 Å². The zero-order valence-electron chi connectivity index (χ0n) is 27.3. The Balaban J connectivity index is 1.25. The minimum atomic E-state index is -1.07. The molecule has 1 spiro atoms. The molecule has 13 nitrogen and oxygen atoms in total. The Bertz CT molecular complexity index is 1870. The number of aryl methyl sites for hydroxylation is 1. The van der Waals surface area contributed by atoms with Gasteiger partial charge in [-0.1, -0.05) is 48.5 Å². The highest BCUT2D eigenvalue weighted by Crippen LogP contribution is 2.35. The zero-order valence-corrected chi connectivity index (χ0v) is 27.3. The van der Waals surface area contributed by atoms with E-state index in [1.165, 1.54) is 6.92 Å². The molecule has 254 valence electrons. The molecule has 1 fully saturated rings. The van der Waals surface area contributed by atoms with Crippen molar-refractivity contribution in [3.8, 4) is 5.75 Å². The summed E-state index contributed by atoms with van der Waals surface area (Å²) in [6.45, 7) is 3.80.